The van der Waals surface area contributed by atoms with E-state index >= 15 is 0 Å². The molecular weight excluding hydrogens is 364 g/mol. The molecule has 0 radical (unpaired) electrons. The smallest absolute Gasteiger partial charge is 0.185 e. The Morgan fingerprint density at radius 1 is 0.655 bits per heavy atom. The van der Waals surface area contributed by atoms with Crippen LogP contribution in [-0.2, 0) is 12.8 Å². The average Bonchev–Trinajstić information content (AvgIpc) is 3.18. The molecule has 2 aromatic carbocycles. The van der Waals surface area contributed by atoms with Crippen molar-refractivity contribution in [1.29, 1.82) is 0 Å². The van der Waals surface area contributed by atoms with Gasteiger partial charge in [-0.15, -0.1) is 0 Å². The van der Waals surface area contributed by atoms with Crippen LogP contribution in [0.25, 0.3) is 22.6 Å². The third-order valence-corrected chi connectivity index (χ3v) is 4.42. The van der Waals surface area contributed by atoms with E-state index in [9.17, 15) is 0 Å². The minimum atomic E-state index is 0.109. The third-order valence-electron chi connectivity index (χ3n) is 4.42. The fraction of sp³-hybridized carbons (Fsp3) is 0.182. The van der Waals surface area contributed by atoms with Crippen molar-refractivity contribution in [2.24, 2.45) is 32.9 Å². The number of hydrogen-bond donors (Lipinski definition) is 4. The van der Waals surface area contributed by atoms with Gasteiger partial charge in [0.15, 0.2) is 11.9 Å². The number of guanidine groups is 2. The van der Waals surface area contributed by atoms with Crippen LogP contribution in [0.5, 0.6) is 0 Å². The topological polar surface area (TPSA) is 142 Å². The van der Waals surface area contributed by atoms with Gasteiger partial charge in [-0.3, -0.25) is 9.98 Å². The van der Waals surface area contributed by atoms with Gasteiger partial charge in [0.2, 0.25) is 0 Å². The minimum absolute atomic E-state index is 0.109. The highest BCUT2D eigenvalue weighted by atomic mass is 16.3. The molecule has 7 nitrogen and oxygen atoms in total. The number of hydrogen-bond acceptors (Lipinski definition) is 3. The minimum Gasteiger partial charge on any atom is -0.456 e. The summed E-state index contributed by atoms with van der Waals surface area (Å²) in [6.45, 7) is 1.11. The van der Waals surface area contributed by atoms with Crippen molar-refractivity contribution in [3.05, 3.63) is 71.8 Å². The lowest BCUT2D eigenvalue weighted by Crippen LogP contribution is -2.23. The standard InChI is InChI=1S/C22H26N6O/c23-21(24)27-11-9-15-3-1-5-17(13-15)19-7-8-20(29-19)18-6-2-4-16(14-18)10-12-28-22(25)26/h1-8,13-14H,9-12H2,(H4,23,24,27)(H4,25,26,28). The number of aliphatic imine (C=N–C) groups is 2. The summed E-state index contributed by atoms with van der Waals surface area (Å²) in [6.07, 6.45) is 1.52. The summed E-state index contributed by atoms with van der Waals surface area (Å²) in [5.74, 6) is 1.85. The molecule has 0 bridgehead atoms. The predicted molar refractivity (Wildman–Crippen MR) is 118 cm³/mol. The Morgan fingerprint density at radius 2 is 1.10 bits per heavy atom. The van der Waals surface area contributed by atoms with Crippen molar-refractivity contribution in [2.75, 3.05) is 13.1 Å². The summed E-state index contributed by atoms with van der Waals surface area (Å²) >= 11 is 0. The Kier molecular flexibility index (Phi) is 6.52. The Labute approximate surface area is 170 Å². The number of nitrogens with zero attached hydrogens (tertiary/aromatic N) is 2. The fourth-order valence-electron chi connectivity index (χ4n) is 3.04. The summed E-state index contributed by atoms with van der Waals surface area (Å²) in [5.41, 5.74) is 25.8. The third kappa shape index (κ3) is 5.87. The molecule has 1 aromatic heterocycles. The number of nitrogens with two attached hydrogens (primary N) is 4. The van der Waals surface area contributed by atoms with Crippen LogP contribution in [0.3, 0.4) is 0 Å². The predicted octanol–water partition coefficient (Wildman–Crippen LogP) is 2.25. The quantitative estimate of drug-likeness (QED) is 0.345. The van der Waals surface area contributed by atoms with Crippen LogP contribution in [0.15, 0.2) is 75.1 Å². The van der Waals surface area contributed by atoms with E-state index in [4.69, 9.17) is 27.4 Å². The summed E-state index contributed by atoms with van der Waals surface area (Å²) < 4.78 is 6.12. The van der Waals surface area contributed by atoms with Crippen molar-refractivity contribution in [3.63, 3.8) is 0 Å². The van der Waals surface area contributed by atoms with Crippen LogP contribution < -0.4 is 22.9 Å². The van der Waals surface area contributed by atoms with E-state index in [-0.39, 0.29) is 11.9 Å². The molecule has 150 valence electrons. The first kappa shape index (κ1) is 20.0. The molecule has 1 heterocycles. The zero-order valence-electron chi connectivity index (χ0n) is 16.2. The molecule has 0 aliphatic carbocycles. The molecule has 0 saturated heterocycles. The zero-order chi connectivity index (χ0) is 20.6. The molecule has 0 aliphatic rings. The van der Waals surface area contributed by atoms with Gasteiger partial charge in [0.05, 0.1) is 0 Å². The summed E-state index contributed by atoms with van der Waals surface area (Å²) in [7, 11) is 0. The Morgan fingerprint density at radius 3 is 1.52 bits per heavy atom. The van der Waals surface area contributed by atoms with Crippen LogP contribution in [0.4, 0.5) is 0 Å². The maximum atomic E-state index is 6.12. The van der Waals surface area contributed by atoms with E-state index in [0.29, 0.717) is 13.1 Å². The van der Waals surface area contributed by atoms with Crippen LogP contribution in [0.1, 0.15) is 11.1 Å². The number of rotatable bonds is 8. The van der Waals surface area contributed by atoms with Gasteiger partial charge in [-0.2, -0.15) is 0 Å². The molecule has 0 atom stereocenters. The lowest BCUT2D eigenvalue weighted by Gasteiger charge is -2.04. The highest BCUT2D eigenvalue weighted by Gasteiger charge is 2.08. The molecule has 0 aliphatic heterocycles. The summed E-state index contributed by atoms with van der Waals surface area (Å²) in [6, 6.07) is 20.3. The Balaban J connectivity index is 1.74. The Hall–Kier alpha value is -3.74. The molecule has 0 amide bonds. The van der Waals surface area contributed by atoms with Gasteiger partial charge in [0, 0.05) is 24.2 Å². The van der Waals surface area contributed by atoms with E-state index in [0.717, 1.165) is 46.6 Å². The molecule has 8 N–H and O–H groups in total. The highest BCUT2D eigenvalue weighted by molar-refractivity contribution is 5.76. The van der Waals surface area contributed by atoms with Crippen molar-refractivity contribution >= 4 is 11.9 Å². The summed E-state index contributed by atoms with van der Waals surface area (Å²) in [5, 5.41) is 0. The van der Waals surface area contributed by atoms with Crippen LogP contribution in [-0.4, -0.2) is 25.0 Å². The second-order valence-corrected chi connectivity index (χ2v) is 6.68. The molecule has 29 heavy (non-hydrogen) atoms. The average molecular weight is 390 g/mol. The second-order valence-electron chi connectivity index (χ2n) is 6.68. The van der Waals surface area contributed by atoms with Crippen molar-refractivity contribution in [2.45, 2.75) is 12.8 Å². The molecule has 0 spiro atoms. The maximum absolute atomic E-state index is 6.12. The molecule has 7 heteroatoms. The maximum Gasteiger partial charge on any atom is 0.185 e. The van der Waals surface area contributed by atoms with Gasteiger partial charge >= 0.3 is 0 Å². The lowest BCUT2D eigenvalue weighted by molar-refractivity contribution is 0.597. The van der Waals surface area contributed by atoms with E-state index in [1.807, 2.05) is 36.4 Å². The largest absolute Gasteiger partial charge is 0.456 e. The van der Waals surface area contributed by atoms with Crippen molar-refractivity contribution in [3.8, 4) is 22.6 Å². The number of furan rings is 1. The van der Waals surface area contributed by atoms with Crippen molar-refractivity contribution in [1.82, 2.24) is 0 Å². The molecule has 0 saturated carbocycles. The van der Waals surface area contributed by atoms with Crippen LogP contribution in [0.2, 0.25) is 0 Å². The molecule has 3 rings (SSSR count). The number of benzene rings is 2. The molecule has 3 aromatic rings. The van der Waals surface area contributed by atoms with Gasteiger partial charge in [0.25, 0.3) is 0 Å². The van der Waals surface area contributed by atoms with Gasteiger partial charge in [-0.25, -0.2) is 0 Å². The van der Waals surface area contributed by atoms with E-state index in [1.165, 1.54) is 0 Å². The monoisotopic (exact) mass is 390 g/mol. The van der Waals surface area contributed by atoms with Gasteiger partial charge in [-0.1, -0.05) is 36.4 Å². The SMILES string of the molecule is NC(N)=NCCc1cccc(-c2ccc(-c3cccc(CCN=C(N)N)c3)o2)c1. The van der Waals surface area contributed by atoms with E-state index in [1.54, 1.807) is 0 Å². The first-order valence-electron chi connectivity index (χ1n) is 9.40. The van der Waals surface area contributed by atoms with Gasteiger partial charge < -0.3 is 27.4 Å². The molecular formula is C22H26N6O. The Bertz CT molecular complexity index is 933. The van der Waals surface area contributed by atoms with Gasteiger partial charge in [-0.05, 0) is 48.2 Å². The summed E-state index contributed by atoms with van der Waals surface area (Å²) in [4.78, 5) is 8.06. The fourth-order valence-corrected chi connectivity index (χ4v) is 3.04. The normalized spacial score (nSPS) is 10.5. The van der Waals surface area contributed by atoms with E-state index < -0.39 is 0 Å². The lowest BCUT2D eigenvalue weighted by atomic mass is 10.1. The first-order valence-corrected chi connectivity index (χ1v) is 9.40. The first-order chi connectivity index (χ1) is 14.0. The molecule has 0 fully saturated rings. The zero-order valence-corrected chi connectivity index (χ0v) is 16.2. The molecule has 0 unspecified atom stereocenters. The van der Waals surface area contributed by atoms with Crippen LogP contribution in [0, 0.1) is 0 Å². The second kappa shape index (κ2) is 9.45. The van der Waals surface area contributed by atoms with E-state index in [2.05, 4.69) is 34.3 Å². The van der Waals surface area contributed by atoms with Crippen molar-refractivity contribution < 1.29 is 4.42 Å². The van der Waals surface area contributed by atoms with Gasteiger partial charge in [0.1, 0.15) is 11.5 Å². The highest BCUT2D eigenvalue weighted by Crippen LogP contribution is 2.29. The van der Waals surface area contributed by atoms with Crippen LogP contribution >= 0.6 is 0 Å².